The fraction of sp³-hybridized carbons (Fsp3) is 0.385. The first-order chi connectivity index (χ1) is 8.18. The summed E-state index contributed by atoms with van der Waals surface area (Å²) in [6, 6.07) is 8.02. The highest BCUT2D eigenvalue weighted by molar-refractivity contribution is 5.94. The lowest BCUT2D eigenvalue weighted by Gasteiger charge is -2.38. The van der Waals surface area contributed by atoms with Crippen molar-refractivity contribution >= 4 is 17.5 Å². The lowest BCUT2D eigenvalue weighted by Crippen LogP contribution is -2.46. The topological polar surface area (TPSA) is 40.6 Å². The first-order valence-electron chi connectivity index (χ1n) is 5.85. The van der Waals surface area contributed by atoms with Crippen LogP contribution in [0.2, 0.25) is 0 Å². The minimum Gasteiger partial charge on any atom is -0.317 e. The molecule has 0 bridgehead atoms. The summed E-state index contributed by atoms with van der Waals surface area (Å²) in [5.41, 5.74) is 2.05. The molecular weight excluding hydrogens is 216 g/mol. The van der Waals surface area contributed by atoms with E-state index in [-0.39, 0.29) is 17.9 Å². The summed E-state index contributed by atoms with van der Waals surface area (Å²) in [4.78, 5) is 26.9. The third-order valence-electron chi connectivity index (χ3n) is 3.59. The van der Waals surface area contributed by atoms with Gasteiger partial charge in [0.25, 0.3) is 0 Å². The molecule has 1 fully saturated rings. The Morgan fingerprint density at radius 2 is 2.12 bits per heavy atom. The number of anilines is 1. The van der Waals surface area contributed by atoms with Gasteiger partial charge in [-0.3, -0.25) is 14.5 Å². The first kappa shape index (κ1) is 10.3. The van der Waals surface area contributed by atoms with Gasteiger partial charge in [-0.1, -0.05) is 18.2 Å². The molecule has 2 amide bonds. The summed E-state index contributed by atoms with van der Waals surface area (Å²) in [7, 11) is 0. The van der Waals surface area contributed by atoms with Crippen LogP contribution in [-0.2, 0) is 9.59 Å². The number of para-hydroxylation sites is 1. The van der Waals surface area contributed by atoms with Crippen molar-refractivity contribution in [1.29, 1.82) is 0 Å². The Hall–Kier alpha value is -1.84. The maximum atomic E-state index is 11.8. The Kier molecular flexibility index (Phi) is 2.18. The van der Waals surface area contributed by atoms with Gasteiger partial charge in [0.2, 0.25) is 11.8 Å². The van der Waals surface area contributed by atoms with Crippen LogP contribution < -0.4 is 4.90 Å². The zero-order valence-corrected chi connectivity index (χ0v) is 9.72. The molecule has 0 unspecified atom stereocenters. The van der Waals surface area contributed by atoms with E-state index in [2.05, 4.69) is 0 Å². The molecule has 1 aromatic carbocycles. The monoisotopic (exact) mass is 230 g/mol. The highest BCUT2D eigenvalue weighted by atomic mass is 16.2. The van der Waals surface area contributed by atoms with Gasteiger partial charge in [-0.25, -0.2) is 0 Å². The molecule has 1 atom stereocenters. The van der Waals surface area contributed by atoms with Gasteiger partial charge in [-0.2, -0.15) is 0 Å². The van der Waals surface area contributed by atoms with Gasteiger partial charge < -0.3 is 4.90 Å². The Bertz CT molecular complexity index is 498. The van der Waals surface area contributed by atoms with Gasteiger partial charge in [-0.15, -0.1) is 0 Å². The maximum absolute atomic E-state index is 11.8. The number of rotatable bonds is 0. The van der Waals surface area contributed by atoms with Crippen LogP contribution in [-0.4, -0.2) is 23.4 Å². The van der Waals surface area contributed by atoms with Crippen molar-refractivity contribution in [2.75, 3.05) is 11.6 Å². The normalized spacial score (nSPS) is 22.4. The summed E-state index contributed by atoms with van der Waals surface area (Å²) < 4.78 is 0. The Morgan fingerprint density at radius 1 is 1.35 bits per heavy atom. The SMILES string of the molecule is CC(=O)N1CN2C(=O)CC[C@H]2c2ccccc21. The van der Waals surface area contributed by atoms with Crippen LogP contribution >= 0.6 is 0 Å². The number of carbonyl (C=O) groups excluding carboxylic acids is 2. The fourth-order valence-electron chi connectivity index (χ4n) is 2.75. The van der Waals surface area contributed by atoms with Gasteiger partial charge in [0, 0.05) is 13.3 Å². The molecule has 1 saturated heterocycles. The molecule has 3 rings (SSSR count). The van der Waals surface area contributed by atoms with Crippen molar-refractivity contribution in [1.82, 2.24) is 4.90 Å². The summed E-state index contributed by atoms with van der Waals surface area (Å²) in [6.45, 7) is 1.94. The van der Waals surface area contributed by atoms with Gasteiger partial charge in [0.05, 0.1) is 11.7 Å². The van der Waals surface area contributed by atoms with Crippen LogP contribution in [0.25, 0.3) is 0 Å². The van der Waals surface area contributed by atoms with Crippen LogP contribution in [0.15, 0.2) is 24.3 Å². The Morgan fingerprint density at radius 3 is 2.88 bits per heavy atom. The Labute approximate surface area is 99.8 Å². The number of fused-ring (bicyclic) bond motifs is 3. The number of hydrogen-bond acceptors (Lipinski definition) is 2. The summed E-state index contributed by atoms with van der Waals surface area (Å²) in [5.74, 6) is 0.131. The second-order valence-electron chi connectivity index (χ2n) is 4.57. The minimum absolute atomic E-state index is 0.0180. The summed E-state index contributed by atoms with van der Waals surface area (Å²) in [5, 5.41) is 0. The van der Waals surface area contributed by atoms with Crippen LogP contribution in [0.3, 0.4) is 0 Å². The second kappa shape index (κ2) is 3.58. The third-order valence-corrected chi connectivity index (χ3v) is 3.59. The zero-order valence-electron chi connectivity index (χ0n) is 9.72. The quantitative estimate of drug-likeness (QED) is 0.680. The van der Waals surface area contributed by atoms with Gasteiger partial charge in [-0.05, 0) is 18.1 Å². The summed E-state index contributed by atoms with van der Waals surface area (Å²) in [6.07, 6.45) is 1.45. The van der Waals surface area contributed by atoms with Crippen molar-refractivity contribution in [3.05, 3.63) is 29.8 Å². The molecule has 0 aromatic heterocycles. The number of benzene rings is 1. The number of carbonyl (C=O) groups is 2. The van der Waals surface area contributed by atoms with Gasteiger partial charge in [0.1, 0.15) is 6.67 Å². The van der Waals surface area contributed by atoms with E-state index >= 15 is 0 Å². The first-order valence-corrected chi connectivity index (χ1v) is 5.85. The van der Waals surface area contributed by atoms with Crippen molar-refractivity contribution in [3.8, 4) is 0 Å². The highest BCUT2D eigenvalue weighted by Gasteiger charge is 2.39. The molecule has 0 N–H and O–H groups in total. The predicted octanol–water partition coefficient (Wildman–Crippen LogP) is 1.67. The second-order valence-corrected chi connectivity index (χ2v) is 4.57. The molecule has 0 saturated carbocycles. The van der Waals surface area contributed by atoms with Crippen molar-refractivity contribution in [3.63, 3.8) is 0 Å². The van der Waals surface area contributed by atoms with Crippen molar-refractivity contribution < 1.29 is 9.59 Å². The number of amides is 2. The van der Waals surface area contributed by atoms with Crippen molar-refractivity contribution in [2.45, 2.75) is 25.8 Å². The van der Waals surface area contributed by atoms with E-state index in [1.807, 2.05) is 29.2 Å². The third kappa shape index (κ3) is 1.44. The van der Waals surface area contributed by atoms with Crippen LogP contribution in [0.4, 0.5) is 5.69 Å². The van der Waals surface area contributed by atoms with E-state index in [0.717, 1.165) is 17.7 Å². The smallest absolute Gasteiger partial charge is 0.225 e. The average molecular weight is 230 g/mol. The number of nitrogens with zero attached hydrogens (tertiary/aromatic N) is 2. The highest BCUT2D eigenvalue weighted by Crippen LogP contribution is 2.41. The zero-order chi connectivity index (χ0) is 12.0. The maximum Gasteiger partial charge on any atom is 0.225 e. The van der Waals surface area contributed by atoms with Crippen molar-refractivity contribution in [2.24, 2.45) is 0 Å². The van der Waals surface area contributed by atoms with E-state index in [0.29, 0.717) is 13.1 Å². The average Bonchev–Trinajstić information content (AvgIpc) is 2.70. The molecule has 88 valence electrons. The standard InChI is InChI=1S/C13H14N2O2/c1-9(16)14-8-15-12(6-7-13(15)17)10-4-2-3-5-11(10)14/h2-5,12H,6-8H2,1H3/t12-/m0/s1. The molecule has 0 radical (unpaired) electrons. The molecule has 2 aliphatic heterocycles. The van der Waals surface area contributed by atoms with Gasteiger partial charge in [0.15, 0.2) is 0 Å². The van der Waals surface area contributed by atoms with E-state index in [1.54, 1.807) is 4.90 Å². The number of hydrogen-bond donors (Lipinski definition) is 0. The molecule has 2 aliphatic rings. The molecule has 0 spiro atoms. The molecule has 1 aromatic rings. The largest absolute Gasteiger partial charge is 0.317 e. The minimum atomic E-state index is -0.0180. The van der Waals surface area contributed by atoms with Gasteiger partial charge >= 0.3 is 0 Å². The molecule has 2 heterocycles. The summed E-state index contributed by atoms with van der Waals surface area (Å²) >= 11 is 0. The molecule has 4 nitrogen and oxygen atoms in total. The lowest BCUT2D eigenvalue weighted by molar-refractivity contribution is -0.129. The molecule has 17 heavy (non-hydrogen) atoms. The van der Waals surface area contributed by atoms with E-state index in [9.17, 15) is 9.59 Å². The van der Waals surface area contributed by atoms with Crippen LogP contribution in [0, 0.1) is 0 Å². The van der Waals surface area contributed by atoms with E-state index < -0.39 is 0 Å². The Balaban J connectivity index is 2.11. The lowest BCUT2D eigenvalue weighted by atomic mass is 10.00. The van der Waals surface area contributed by atoms with E-state index in [1.165, 1.54) is 6.92 Å². The molecular formula is C13H14N2O2. The molecule has 0 aliphatic carbocycles. The predicted molar refractivity (Wildman–Crippen MR) is 63.3 cm³/mol. The van der Waals surface area contributed by atoms with Crippen LogP contribution in [0.5, 0.6) is 0 Å². The molecule has 4 heteroatoms. The van der Waals surface area contributed by atoms with E-state index in [4.69, 9.17) is 0 Å². The fourth-order valence-corrected chi connectivity index (χ4v) is 2.75. The van der Waals surface area contributed by atoms with Crippen LogP contribution in [0.1, 0.15) is 31.4 Å².